The van der Waals surface area contributed by atoms with E-state index in [1.807, 2.05) is 0 Å². The van der Waals surface area contributed by atoms with Gasteiger partial charge in [-0.3, -0.25) is 27.7 Å². The van der Waals surface area contributed by atoms with Gasteiger partial charge in [-0.1, -0.05) is 34.6 Å². The Bertz CT molecular complexity index is 690. The molecule has 0 aliphatic heterocycles. The topological polar surface area (TPSA) is 114 Å². The highest BCUT2D eigenvalue weighted by Crippen LogP contribution is 2.52. The normalized spacial score (nSPS) is 15.9. The molecule has 2 atom stereocenters. The maximum absolute atomic E-state index is 13.0. The molecule has 0 heterocycles. The summed E-state index contributed by atoms with van der Waals surface area (Å²) >= 11 is 0. The third-order valence-corrected chi connectivity index (χ3v) is 7.57. The second kappa shape index (κ2) is 13.5. The fourth-order valence-electron chi connectivity index (χ4n) is 2.87. The molecule has 32 heavy (non-hydrogen) atoms. The lowest BCUT2D eigenvalue weighted by molar-refractivity contribution is -0.134. The molecule has 0 amide bonds. The molecule has 0 N–H and O–H groups in total. The fraction of sp³-hybridized carbons (Fsp3) is 0.905. The Kier molecular flexibility index (Phi) is 13.3. The number of hydrogen-bond donors (Lipinski definition) is 0. The minimum absolute atomic E-state index is 0.0423. The van der Waals surface area contributed by atoms with Crippen LogP contribution in [0.25, 0.3) is 0 Å². The zero-order chi connectivity index (χ0) is 25.2. The third-order valence-electron chi connectivity index (χ3n) is 4.95. The molecule has 11 heteroatoms. The van der Waals surface area contributed by atoms with E-state index in [0.29, 0.717) is 12.8 Å². The second-order valence-corrected chi connectivity index (χ2v) is 13.8. The van der Waals surface area contributed by atoms with Crippen molar-refractivity contribution in [2.45, 2.75) is 79.2 Å². The van der Waals surface area contributed by atoms with E-state index in [1.165, 1.54) is 13.8 Å². The van der Waals surface area contributed by atoms with Crippen LogP contribution in [0.5, 0.6) is 0 Å². The SMILES string of the molecule is COP(C)(=O)OCC(C)(C)C(OP(=O)(OC)OC)C(=O)CCCC(=O)CCCC(C)(C)C. The molecular formula is C21H42O9P2. The number of hydrogen-bond acceptors (Lipinski definition) is 9. The molecule has 2 unspecified atom stereocenters. The van der Waals surface area contributed by atoms with Crippen LogP contribution in [0.4, 0.5) is 0 Å². The Hall–Kier alpha value is -0.400. The molecule has 0 fully saturated rings. The molecule has 0 aromatic carbocycles. The van der Waals surface area contributed by atoms with E-state index in [2.05, 4.69) is 20.8 Å². The maximum atomic E-state index is 13.0. The van der Waals surface area contributed by atoms with Crippen LogP contribution in [-0.4, -0.2) is 52.3 Å². The molecule has 0 aliphatic rings. The maximum Gasteiger partial charge on any atom is 0.474 e. The van der Waals surface area contributed by atoms with Gasteiger partial charge in [-0.25, -0.2) is 4.57 Å². The standard InChI is InChI=1S/C21H42O9P2/c1-20(2,3)15-11-13-17(22)12-10-14-18(23)19(30-32(25,27-7)28-8)21(4,5)16-29-31(9,24)26-6/h19H,10-16H2,1-9H3. The van der Waals surface area contributed by atoms with Crippen LogP contribution in [0.1, 0.15) is 73.1 Å². The van der Waals surface area contributed by atoms with E-state index >= 15 is 0 Å². The number of rotatable bonds is 17. The molecule has 0 spiro atoms. The number of carbonyl (C=O) groups is 2. The number of phosphoric acid groups is 1. The summed E-state index contributed by atoms with van der Waals surface area (Å²) in [4.78, 5) is 25.1. The quantitative estimate of drug-likeness (QED) is 0.228. The van der Waals surface area contributed by atoms with Gasteiger partial charge in [0.2, 0.25) is 0 Å². The van der Waals surface area contributed by atoms with Gasteiger partial charge in [0.25, 0.3) is 0 Å². The van der Waals surface area contributed by atoms with E-state index in [9.17, 15) is 18.7 Å². The Morgan fingerprint density at radius 3 is 1.84 bits per heavy atom. The lowest BCUT2D eigenvalue weighted by atomic mass is 9.84. The average molecular weight is 501 g/mol. The lowest BCUT2D eigenvalue weighted by Gasteiger charge is -2.34. The molecule has 0 aliphatic carbocycles. The Morgan fingerprint density at radius 1 is 0.844 bits per heavy atom. The van der Waals surface area contributed by atoms with Crippen LogP contribution in [0.15, 0.2) is 0 Å². The van der Waals surface area contributed by atoms with Gasteiger partial charge in [0.15, 0.2) is 5.78 Å². The van der Waals surface area contributed by atoms with Gasteiger partial charge in [-0.2, -0.15) is 0 Å². The smallest absolute Gasteiger partial charge is 0.312 e. The van der Waals surface area contributed by atoms with Crippen LogP contribution in [-0.2, 0) is 41.3 Å². The van der Waals surface area contributed by atoms with Crippen LogP contribution >= 0.6 is 15.4 Å². The van der Waals surface area contributed by atoms with Gasteiger partial charge in [0.05, 0.1) is 6.61 Å². The number of phosphoric ester groups is 1. The summed E-state index contributed by atoms with van der Waals surface area (Å²) < 4.78 is 50.0. The highest BCUT2D eigenvalue weighted by molar-refractivity contribution is 7.52. The molecule has 190 valence electrons. The van der Waals surface area contributed by atoms with Crippen LogP contribution in [0, 0.1) is 10.8 Å². The first-order valence-corrected chi connectivity index (χ1v) is 14.2. The summed E-state index contributed by atoms with van der Waals surface area (Å²) in [5, 5.41) is 0. The van der Waals surface area contributed by atoms with Crippen molar-refractivity contribution in [2.24, 2.45) is 10.8 Å². The van der Waals surface area contributed by atoms with Crippen molar-refractivity contribution in [3.63, 3.8) is 0 Å². The van der Waals surface area contributed by atoms with E-state index in [1.54, 1.807) is 13.8 Å². The zero-order valence-corrected chi connectivity index (χ0v) is 22.9. The average Bonchev–Trinajstić information content (AvgIpc) is 2.69. The summed E-state index contributed by atoms with van der Waals surface area (Å²) in [6, 6.07) is 0. The Morgan fingerprint density at radius 2 is 1.38 bits per heavy atom. The Balaban J connectivity index is 5.14. The van der Waals surface area contributed by atoms with Crippen molar-refractivity contribution in [1.29, 1.82) is 0 Å². The van der Waals surface area contributed by atoms with Gasteiger partial charge in [-0.05, 0) is 24.7 Å². The van der Waals surface area contributed by atoms with Crippen LogP contribution in [0.3, 0.4) is 0 Å². The summed E-state index contributed by atoms with van der Waals surface area (Å²) in [7, 11) is -3.73. The van der Waals surface area contributed by atoms with Gasteiger partial charge < -0.3 is 9.05 Å². The second-order valence-electron chi connectivity index (χ2n) is 9.79. The van der Waals surface area contributed by atoms with Gasteiger partial charge in [0.1, 0.15) is 11.9 Å². The highest BCUT2D eigenvalue weighted by Gasteiger charge is 2.43. The predicted octanol–water partition coefficient (Wildman–Crippen LogP) is 5.81. The first-order chi connectivity index (χ1) is 14.5. The lowest BCUT2D eigenvalue weighted by Crippen LogP contribution is -2.41. The molecule has 0 saturated heterocycles. The van der Waals surface area contributed by atoms with Crippen LogP contribution < -0.4 is 0 Å². The van der Waals surface area contributed by atoms with Gasteiger partial charge in [0, 0.05) is 52.7 Å². The van der Waals surface area contributed by atoms with Crippen molar-refractivity contribution in [2.75, 3.05) is 34.6 Å². The fourth-order valence-corrected chi connectivity index (χ4v) is 4.53. The molecule has 9 nitrogen and oxygen atoms in total. The summed E-state index contributed by atoms with van der Waals surface area (Å²) in [6.45, 7) is 10.8. The van der Waals surface area contributed by atoms with Crippen molar-refractivity contribution in [3.05, 3.63) is 0 Å². The highest BCUT2D eigenvalue weighted by atomic mass is 31.2. The summed E-state index contributed by atoms with van der Waals surface area (Å²) in [5.74, 6) is -0.271. The molecular weight excluding hydrogens is 458 g/mol. The minimum Gasteiger partial charge on any atom is -0.312 e. The van der Waals surface area contributed by atoms with Crippen molar-refractivity contribution < 1.29 is 41.3 Å². The summed E-state index contributed by atoms with van der Waals surface area (Å²) in [6.07, 6.45) is 1.68. The van der Waals surface area contributed by atoms with Crippen LogP contribution in [0.2, 0.25) is 0 Å². The van der Waals surface area contributed by atoms with Gasteiger partial charge >= 0.3 is 15.4 Å². The predicted molar refractivity (Wildman–Crippen MR) is 124 cm³/mol. The van der Waals surface area contributed by atoms with E-state index < -0.39 is 26.9 Å². The molecule has 0 aromatic heterocycles. The third kappa shape index (κ3) is 12.7. The molecule has 0 bridgehead atoms. The number of Topliss-reactive ketones (excluding diaryl/α,β-unsaturated/α-hetero) is 2. The first kappa shape index (κ1) is 31.6. The van der Waals surface area contributed by atoms with Crippen molar-refractivity contribution in [3.8, 4) is 0 Å². The largest absolute Gasteiger partial charge is 0.474 e. The minimum atomic E-state index is -3.98. The number of ketones is 2. The van der Waals surface area contributed by atoms with Gasteiger partial charge in [-0.15, -0.1) is 0 Å². The number of carbonyl (C=O) groups excluding carboxylic acids is 2. The zero-order valence-electron chi connectivity index (χ0n) is 21.1. The van der Waals surface area contributed by atoms with Crippen molar-refractivity contribution >= 4 is 27.0 Å². The van der Waals surface area contributed by atoms with E-state index in [0.717, 1.165) is 27.1 Å². The molecule has 0 radical (unpaired) electrons. The monoisotopic (exact) mass is 500 g/mol. The van der Waals surface area contributed by atoms with E-state index in [-0.39, 0.29) is 36.4 Å². The van der Waals surface area contributed by atoms with Crippen molar-refractivity contribution in [1.82, 2.24) is 0 Å². The first-order valence-electron chi connectivity index (χ1n) is 10.7. The Labute approximate surface area is 193 Å². The summed E-state index contributed by atoms with van der Waals surface area (Å²) in [5.41, 5.74) is -0.860. The molecule has 0 rings (SSSR count). The van der Waals surface area contributed by atoms with E-state index in [4.69, 9.17) is 22.6 Å². The molecule has 0 aromatic rings. The molecule has 0 saturated carbocycles.